The number of ether oxygens (including phenoxy) is 1. The normalized spacial score (nSPS) is 11.7. The van der Waals surface area contributed by atoms with Crippen LogP contribution in [0.25, 0.3) is 0 Å². The lowest BCUT2D eigenvalue weighted by molar-refractivity contribution is -0.275. The Morgan fingerprint density at radius 1 is 1.47 bits per heavy atom. The van der Waals surface area contributed by atoms with Gasteiger partial charge in [0.1, 0.15) is 5.15 Å². The second kappa shape index (κ2) is 5.55. The molecule has 0 fully saturated rings. The molecule has 0 amide bonds. The van der Waals surface area contributed by atoms with Crippen molar-refractivity contribution in [2.24, 2.45) is 0 Å². The van der Waals surface area contributed by atoms with Crippen molar-refractivity contribution in [1.82, 2.24) is 4.98 Å². The van der Waals surface area contributed by atoms with Crippen LogP contribution in [0.5, 0.6) is 5.75 Å². The van der Waals surface area contributed by atoms with Gasteiger partial charge in [-0.25, -0.2) is 13.8 Å². The molecule has 0 bridgehead atoms. The first-order valence-corrected chi connectivity index (χ1v) is 4.92. The molecule has 0 aliphatic rings. The average Bonchev–Trinajstić information content (AvgIpc) is 2.19. The summed E-state index contributed by atoms with van der Waals surface area (Å²) in [5.74, 6) is -2.73. The third-order valence-electron chi connectivity index (χ3n) is 1.91. The molecule has 19 heavy (non-hydrogen) atoms. The number of hydrogen-bond acceptors (Lipinski definition) is 3. The van der Waals surface area contributed by atoms with Gasteiger partial charge in [0.2, 0.25) is 0 Å². The second-order valence-electron chi connectivity index (χ2n) is 3.22. The van der Waals surface area contributed by atoms with Gasteiger partial charge in [0, 0.05) is 5.56 Å². The number of nitrogens with zero attached hydrogens (tertiary/aromatic N) is 1. The number of halogens is 6. The number of alkyl halides is 5. The smallest absolute Gasteiger partial charge is 0.481 e. The zero-order valence-electron chi connectivity index (χ0n) is 8.84. The van der Waals surface area contributed by atoms with Crippen LogP contribution in [0.4, 0.5) is 22.0 Å². The van der Waals surface area contributed by atoms with Crippen molar-refractivity contribution in [3.05, 3.63) is 22.5 Å². The molecule has 0 radical (unpaired) electrons. The van der Waals surface area contributed by atoms with Crippen molar-refractivity contribution in [2.75, 3.05) is 0 Å². The summed E-state index contributed by atoms with van der Waals surface area (Å²) < 4.78 is 65.1. The van der Waals surface area contributed by atoms with Crippen LogP contribution in [0, 0.1) is 0 Å². The Morgan fingerprint density at radius 3 is 2.47 bits per heavy atom. The van der Waals surface area contributed by atoms with Crippen LogP contribution in [-0.2, 0) is 11.2 Å². The number of rotatable bonds is 4. The van der Waals surface area contributed by atoms with Gasteiger partial charge in [-0.1, -0.05) is 11.6 Å². The van der Waals surface area contributed by atoms with Crippen LogP contribution in [0.1, 0.15) is 17.6 Å². The molecule has 4 nitrogen and oxygen atoms in total. The first kappa shape index (κ1) is 15.4. The van der Waals surface area contributed by atoms with Crippen molar-refractivity contribution in [1.29, 1.82) is 0 Å². The van der Waals surface area contributed by atoms with Crippen LogP contribution in [0.3, 0.4) is 0 Å². The highest BCUT2D eigenvalue weighted by Crippen LogP contribution is 2.36. The first-order valence-electron chi connectivity index (χ1n) is 4.54. The highest BCUT2D eigenvalue weighted by atomic mass is 35.5. The lowest BCUT2D eigenvalue weighted by Gasteiger charge is -2.15. The third-order valence-corrected chi connectivity index (χ3v) is 2.21. The van der Waals surface area contributed by atoms with Gasteiger partial charge in [-0.05, 0) is 0 Å². The fourth-order valence-electron chi connectivity index (χ4n) is 1.29. The number of carboxylic acid groups (broad SMARTS) is 1. The summed E-state index contributed by atoms with van der Waals surface area (Å²) in [5.41, 5.74) is -1.95. The van der Waals surface area contributed by atoms with Gasteiger partial charge in [0.05, 0.1) is 18.2 Å². The van der Waals surface area contributed by atoms with Gasteiger partial charge in [-0.15, -0.1) is 13.2 Å². The Labute approximate surface area is 107 Å². The number of carbonyl (C=O) groups is 1. The van der Waals surface area contributed by atoms with Crippen LogP contribution < -0.4 is 4.74 Å². The standard InChI is InChI=1S/C9H5ClF5NO3/c10-7-6(8(11)12)3(1-5(17)18)4(2-16-7)19-9(13,14)15/h2,8H,1H2,(H,17,18). The molecular formula is C9H5ClF5NO3. The summed E-state index contributed by atoms with van der Waals surface area (Å²) in [7, 11) is 0. The zero-order chi connectivity index (χ0) is 14.8. The quantitative estimate of drug-likeness (QED) is 0.685. The molecule has 1 N–H and O–H groups in total. The van der Waals surface area contributed by atoms with Crippen LogP contribution in [-0.4, -0.2) is 22.4 Å². The predicted molar refractivity (Wildman–Crippen MR) is 52.2 cm³/mol. The molecular weight excluding hydrogens is 301 g/mol. The molecule has 0 spiro atoms. The molecule has 0 unspecified atom stereocenters. The third kappa shape index (κ3) is 4.19. The maximum Gasteiger partial charge on any atom is 0.573 e. The largest absolute Gasteiger partial charge is 0.573 e. The molecule has 0 aliphatic carbocycles. The van der Waals surface area contributed by atoms with E-state index in [2.05, 4.69) is 9.72 Å². The van der Waals surface area contributed by atoms with Gasteiger partial charge < -0.3 is 9.84 Å². The number of hydrogen-bond donors (Lipinski definition) is 1. The molecule has 1 heterocycles. The van der Waals surface area contributed by atoms with E-state index in [0.717, 1.165) is 0 Å². The van der Waals surface area contributed by atoms with E-state index in [1.807, 2.05) is 0 Å². The maximum absolute atomic E-state index is 12.7. The summed E-state index contributed by atoms with van der Waals surface area (Å²) >= 11 is 5.33. The molecule has 0 saturated carbocycles. The summed E-state index contributed by atoms with van der Waals surface area (Å²) in [6.45, 7) is 0. The monoisotopic (exact) mass is 305 g/mol. The van der Waals surface area contributed by atoms with Crippen LogP contribution >= 0.6 is 11.6 Å². The van der Waals surface area contributed by atoms with Crippen LogP contribution in [0.15, 0.2) is 6.20 Å². The minimum atomic E-state index is -5.16. The van der Waals surface area contributed by atoms with E-state index in [1.165, 1.54) is 0 Å². The Balaban J connectivity index is 3.38. The molecule has 1 rings (SSSR count). The van der Waals surface area contributed by atoms with Crippen molar-refractivity contribution < 1.29 is 36.6 Å². The average molecular weight is 306 g/mol. The second-order valence-corrected chi connectivity index (χ2v) is 3.58. The zero-order valence-corrected chi connectivity index (χ0v) is 9.60. The minimum absolute atomic E-state index is 0.444. The van der Waals surface area contributed by atoms with Gasteiger partial charge in [0.25, 0.3) is 6.43 Å². The SMILES string of the molecule is O=C(O)Cc1c(OC(F)(F)F)cnc(Cl)c1C(F)F. The molecule has 0 aromatic carbocycles. The van der Waals surface area contributed by atoms with Crippen molar-refractivity contribution in [3.63, 3.8) is 0 Å². The van der Waals surface area contributed by atoms with Gasteiger partial charge in [0.15, 0.2) is 5.75 Å². The molecule has 1 aromatic rings. The number of aliphatic carboxylic acids is 1. The lowest BCUT2D eigenvalue weighted by atomic mass is 10.1. The molecule has 1 aromatic heterocycles. The van der Waals surface area contributed by atoms with Gasteiger partial charge >= 0.3 is 12.3 Å². The molecule has 0 aliphatic heterocycles. The summed E-state index contributed by atoms with van der Waals surface area (Å²) in [4.78, 5) is 13.6. The van der Waals surface area contributed by atoms with E-state index in [1.54, 1.807) is 0 Å². The summed E-state index contributed by atoms with van der Waals surface area (Å²) in [5, 5.41) is 7.76. The molecule has 0 atom stereocenters. The van der Waals surface area contributed by atoms with Crippen LogP contribution in [0.2, 0.25) is 5.15 Å². The van der Waals surface area contributed by atoms with Crippen molar-refractivity contribution >= 4 is 17.6 Å². The summed E-state index contributed by atoms with van der Waals surface area (Å²) in [6, 6.07) is 0. The minimum Gasteiger partial charge on any atom is -0.481 e. The fraction of sp³-hybridized carbons (Fsp3) is 0.333. The highest BCUT2D eigenvalue weighted by molar-refractivity contribution is 6.30. The molecule has 106 valence electrons. The lowest BCUT2D eigenvalue weighted by Crippen LogP contribution is -2.20. The van der Waals surface area contributed by atoms with E-state index in [0.29, 0.717) is 6.20 Å². The Hall–Kier alpha value is -1.64. The Kier molecular flexibility index (Phi) is 4.51. The predicted octanol–water partition coefficient (Wildman–Crippen LogP) is 3.20. The Bertz CT molecular complexity index is 491. The van der Waals surface area contributed by atoms with E-state index in [4.69, 9.17) is 16.7 Å². The molecule has 10 heteroatoms. The summed E-state index contributed by atoms with van der Waals surface area (Å²) in [6.07, 6.45) is -9.11. The number of pyridine rings is 1. The van der Waals surface area contributed by atoms with E-state index < -0.39 is 47.2 Å². The van der Waals surface area contributed by atoms with E-state index >= 15 is 0 Å². The van der Waals surface area contributed by atoms with Gasteiger partial charge in [-0.2, -0.15) is 0 Å². The first-order chi connectivity index (χ1) is 8.61. The van der Waals surface area contributed by atoms with E-state index in [9.17, 15) is 26.7 Å². The fourth-order valence-corrected chi connectivity index (χ4v) is 1.53. The van der Waals surface area contributed by atoms with Gasteiger partial charge in [-0.3, -0.25) is 4.79 Å². The number of aromatic nitrogens is 1. The topological polar surface area (TPSA) is 59.4 Å². The number of carboxylic acids is 1. The van der Waals surface area contributed by atoms with Crippen molar-refractivity contribution in [3.8, 4) is 5.75 Å². The van der Waals surface area contributed by atoms with Crippen molar-refractivity contribution in [2.45, 2.75) is 19.2 Å². The maximum atomic E-state index is 12.7. The van der Waals surface area contributed by atoms with E-state index in [-0.39, 0.29) is 0 Å². The highest BCUT2D eigenvalue weighted by Gasteiger charge is 2.34. The molecule has 0 saturated heterocycles. The Morgan fingerprint density at radius 2 is 2.05 bits per heavy atom.